The third-order valence-corrected chi connectivity index (χ3v) is 8.03. The van der Waals surface area contributed by atoms with Crippen molar-refractivity contribution >= 4 is 44.1 Å². The van der Waals surface area contributed by atoms with Gasteiger partial charge in [-0.15, -0.1) is 0 Å². The Morgan fingerprint density at radius 1 is 1.00 bits per heavy atom. The molecule has 1 atom stereocenters. The number of carbonyl (C=O) groups excluding carboxylic acids is 2. The Hall–Kier alpha value is -4.37. The number of hydrogen-bond donors (Lipinski definition) is 1. The molecule has 1 aromatic heterocycles. The molecule has 1 unspecified atom stereocenters. The lowest BCUT2D eigenvalue weighted by molar-refractivity contribution is -0.132. The fourth-order valence-corrected chi connectivity index (χ4v) is 5.73. The molecule has 2 heterocycles. The summed E-state index contributed by atoms with van der Waals surface area (Å²) >= 11 is 1.27. The van der Waals surface area contributed by atoms with E-state index in [0.717, 1.165) is 16.7 Å². The number of carbonyl (C=O) groups is 2. The number of nitrogens with zero attached hydrogens (tertiary/aromatic N) is 2. The molecule has 8 nitrogen and oxygen atoms in total. The number of ether oxygens (including phenoxy) is 3. The van der Waals surface area contributed by atoms with Crippen LogP contribution in [0.2, 0.25) is 0 Å². The average Bonchev–Trinajstić information content (AvgIpc) is 3.50. The number of fused-ring (bicyclic) bond motifs is 1. The van der Waals surface area contributed by atoms with E-state index in [9.17, 15) is 14.7 Å². The van der Waals surface area contributed by atoms with Crippen LogP contribution in [0.5, 0.6) is 17.2 Å². The molecule has 1 amide bonds. The number of hydrogen-bond acceptors (Lipinski definition) is 8. The minimum Gasteiger partial charge on any atom is -0.507 e. The van der Waals surface area contributed by atoms with Crippen LogP contribution in [0.3, 0.4) is 0 Å². The zero-order chi connectivity index (χ0) is 29.3. The van der Waals surface area contributed by atoms with Gasteiger partial charge in [-0.05, 0) is 55.2 Å². The number of rotatable bonds is 9. The van der Waals surface area contributed by atoms with E-state index in [-0.39, 0.29) is 11.3 Å². The largest absolute Gasteiger partial charge is 0.507 e. The van der Waals surface area contributed by atoms with Crippen molar-refractivity contribution in [2.75, 3.05) is 25.7 Å². The van der Waals surface area contributed by atoms with Gasteiger partial charge in [-0.1, -0.05) is 61.1 Å². The van der Waals surface area contributed by atoms with Gasteiger partial charge in [0.1, 0.15) is 11.5 Å². The van der Waals surface area contributed by atoms with Crippen molar-refractivity contribution < 1.29 is 28.9 Å². The first-order valence-corrected chi connectivity index (χ1v) is 14.2. The van der Waals surface area contributed by atoms with Gasteiger partial charge < -0.3 is 19.3 Å². The van der Waals surface area contributed by atoms with E-state index in [4.69, 9.17) is 14.2 Å². The number of aromatic nitrogens is 1. The summed E-state index contributed by atoms with van der Waals surface area (Å²) < 4.78 is 17.8. The van der Waals surface area contributed by atoms with Crippen molar-refractivity contribution in [3.05, 3.63) is 82.9 Å². The maximum atomic E-state index is 13.6. The van der Waals surface area contributed by atoms with Crippen LogP contribution >= 0.6 is 11.3 Å². The van der Waals surface area contributed by atoms with Crippen LogP contribution in [-0.2, 0) is 9.59 Å². The minimum absolute atomic E-state index is 0.0220. The van der Waals surface area contributed by atoms with Gasteiger partial charge in [-0.25, -0.2) is 4.98 Å². The lowest BCUT2D eigenvalue weighted by Gasteiger charge is -2.24. The normalized spacial score (nSPS) is 16.5. The second-order valence-electron chi connectivity index (χ2n) is 10.3. The van der Waals surface area contributed by atoms with Crippen molar-refractivity contribution in [3.8, 4) is 17.2 Å². The van der Waals surface area contributed by atoms with Crippen LogP contribution in [0.1, 0.15) is 43.0 Å². The molecule has 3 aromatic carbocycles. The molecule has 0 bridgehead atoms. The van der Waals surface area contributed by atoms with Crippen LogP contribution in [0, 0.1) is 12.8 Å². The monoisotopic (exact) mass is 572 g/mol. The number of benzene rings is 3. The third kappa shape index (κ3) is 5.50. The van der Waals surface area contributed by atoms with Crippen molar-refractivity contribution in [1.82, 2.24) is 4.98 Å². The average molecular weight is 573 g/mol. The topological polar surface area (TPSA) is 98.2 Å². The Kier molecular flexibility index (Phi) is 7.99. The summed E-state index contributed by atoms with van der Waals surface area (Å²) in [6, 6.07) is 16.9. The Morgan fingerprint density at radius 3 is 2.44 bits per heavy atom. The molecule has 0 radical (unpaired) electrons. The summed E-state index contributed by atoms with van der Waals surface area (Å²) in [7, 11) is 3.12. The number of aliphatic hydroxyl groups is 1. The summed E-state index contributed by atoms with van der Waals surface area (Å²) in [5.41, 5.74) is 2.65. The van der Waals surface area contributed by atoms with E-state index < -0.39 is 17.7 Å². The Labute approximate surface area is 242 Å². The first kappa shape index (κ1) is 28.2. The second kappa shape index (κ2) is 11.6. The predicted molar refractivity (Wildman–Crippen MR) is 160 cm³/mol. The number of Topliss-reactive ketones (excluding diaryl/α,β-unsaturated/α-hetero) is 1. The van der Waals surface area contributed by atoms with Crippen molar-refractivity contribution in [3.63, 3.8) is 0 Å². The first-order chi connectivity index (χ1) is 19.7. The standard InChI is InChI=1S/C32H32N2O6S/c1-18(2)14-15-40-24-13-10-21(16-25(24)39-5)28-27(29(35)20-8-6-19(3)7-9-20)30(36)31(37)34(28)32-33-23-12-11-22(38-4)17-26(23)41-32/h6-13,16-18,28,35H,14-15H2,1-5H3/b29-27+. The molecule has 212 valence electrons. The molecular formula is C32H32N2O6S. The molecule has 1 aliphatic rings. The van der Waals surface area contributed by atoms with Crippen LogP contribution in [0.15, 0.2) is 66.2 Å². The van der Waals surface area contributed by atoms with E-state index in [1.165, 1.54) is 16.2 Å². The zero-order valence-electron chi connectivity index (χ0n) is 23.6. The first-order valence-electron chi connectivity index (χ1n) is 13.3. The summed E-state index contributed by atoms with van der Waals surface area (Å²) in [4.78, 5) is 33.3. The highest BCUT2D eigenvalue weighted by Gasteiger charge is 2.48. The van der Waals surface area contributed by atoms with Crippen LogP contribution in [0.25, 0.3) is 16.0 Å². The highest BCUT2D eigenvalue weighted by Crippen LogP contribution is 2.46. The van der Waals surface area contributed by atoms with E-state index in [1.807, 2.05) is 25.1 Å². The van der Waals surface area contributed by atoms with Crippen LogP contribution in [0.4, 0.5) is 5.13 Å². The van der Waals surface area contributed by atoms with Gasteiger partial charge in [0.05, 0.1) is 42.7 Å². The molecule has 0 spiro atoms. The lowest BCUT2D eigenvalue weighted by Crippen LogP contribution is -2.29. The van der Waals surface area contributed by atoms with Crippen LogP contribution < -0.4 is 19.1 Å². The predicted octanol–water partition coefficient (Wildman–Crippen LogP) is 6.67. The smallest absolute Gasteiger partial charge is 0.301 e. The number of amides is 1. The minimum atomic E-state index is -0.947. The summed E-state index contributed by atoms with van der Waals surface area (Å²) in [6.45, 7) is 6.70. The molecule has 0 saturated carbocycles. The van der Waals surface area contributed by atoms with Crippen molar-refractivity contribution in [2.45, 2.75) is 33.2 Å². The van der Waals surface area contributed by atoms with E-state index in [1.54, 1.807) is 56.7 Å². The van der Waals surface area contributed by atoms with Gasteiger partial charge in [0.15, 0.2) is 16.6 Å². The molecule has 1 saturated heterocycles. The number of aliphatic hydroxyl groups excluding tert-OH is 1. The Bertz CT molecular complexity index is 1640. The van der Waals surface area contributed by atoms with Gasteiger partial charge in [0.2, 0.25) is 0 Å². The number of aryl methyl sites for hydroxylation is 1. The molecule has 5 rings (SSSR count). The van der Waals surface area contributed by atoms with Gasteiger partial charge in [0, 0.05) is 5.56 Å². The van der Waals surface area contributed by atoms with Crippen molar-refractivity contribution in [2.24, 2.45) is 5.92 Å². The maximum Gasteiger partial charge on any atom is 0.301 e. The molecule has 1 fully saturated rings. The van der Waals surface area contributed by atoms with Gasteiger partial charge >= 0.3 is 5.91 Å². The fourth-order valence-electron chi connectivity index (χ4n) is 4.71. The maximum absolute atomic E-state index is 13.6. The highest BCUT2D eigenvalue weighted by molar-refractivity contribution is 7.22. The molecule has 41 heavy (non-hydrogen) atoms. The van der Waals surface area contributed by atoms with E-state index in [2.05, 4.69) is 18.8 Å². The van der Waals surface area contributed by atoms with Crippen LogP contribution in [-0.4, -0.2) is 42.6 Å². The number of methoxy groups -OCH3 is 2. The number of thiazole rings is 1. The Balaban J connectivity index is 1.66. The van der Waals surface area contributed by atoms with Gasteiger partial charge in [-0.3, -0.25) is 14.5 Å². The van der Waals surface area contributed by atoms with Crippen molar-refractivity contribution in [1.29, 1.82) is 0 Å². The van der Waals surface area contributed by atoms with E-state index in [0.29, 0.717) is 51.5 Å². The summed E-state index contributed by atoms with van der Waals surface area (Å²) in [5.74, 6) is 0.335. The molecule has 0 aliphatic carbocycles. The van der Waals surface area contributed by atoms with Gasteiger partial charge in [-0.2, -0.15) is 0 Å². The molecule has 1 aliphatic heterocycles. The lowest BCUT2D eigenvalue weighted by atomic mass is 9.95. The molecular weight excluding hydrogens is 540 g/mol. The number of ketones is 1. The fraction of sp³-hybridized carbons (Fsp3) is 0.281. The van der Waals surface area contributed by atoms with E-state index >= 15 is 0 Å². The summed E-state index contributed by atoms with van der Waals surface area (Å²) in [5, 5.41) is 11.8. The molecule has 1 N–H and O–H groups in total. The zero-order valence-corrected chi connectivity index (χ0v) is 24.5. The molecule has 9 heteroatoms. The third-order valence-electron chi connectivity index (χ3n) is 7.02. The quantitative estimate of drug-likeness (QED) is 0.136. The number of anilines is 1. The summed E-state index contributed by atoms with van der Waals surface area (Å²) in [6.07, 6.45) is 0.879. The highest BCUT2D eigenvalue weighted by atomic mass is 32.1. The van der Waals surface area contributed by atoms with Gasteiger partial charge in [0.25, 0.3) is 5.78 Å². The Morgan fingerprint density at radius 2 is 1.76 bits per heavy atom. The second-order valence-corrected chi connectivity index (χ2v) is 11.3. The SMILES string of the molecule is COc1ccc2nc(N3C(=O)C(=O)/C(=C(/O)c4ccc(C)cc4)C3c3ccc(OCCC(C)C)c(OC)c3)sc2c1. The molecule has 4 aromatic rings.